The minimum atomic E-state index is -0.707. The van der Waals surface area contributed by atoms with Crippen molar-refractivity contribution in [3.05, 3.63) is 58.3 Å². The summed E-state index contributed by atoms with van der Waals surface area (Å²) >= 11 is 0. The first kappa shape index (κ1) is 13.0. The summed E-state index contributed by atoms with van der Waals surface area (Å²) in [6.07, 6.45) is 0.842. The molecule has 6 heteroatoms. The van der Waals surface area contributed by atoms with E-state index in [0.717, 1.165) is 0 Å². The van der Waals surface area contributed by atoms with Crippen molar-refractivity contribution in [1.29, 1.82) is 0 Å². The fourth-order valence-electron chi connectivity index (χ4n) is 1.55. The zero-order valence-electron chi connectivity index (χ0n) is 10.2. The van der Waals surface area contributed by atoms with Crippen LogP contribution in [-0.2, 0) is 0 Å². The number of aromatic nitrogens is 1. The molecule has 0 saturated heterocycles. The zero-order chi connectivity index (χ0) is 13.8. The Labute approximate surface area is 109 Å². The third kappa shape index (κ3) is 3.05. The van der Waals surface area contributed by atoms with Crippen molar-refractivity contribution >= 4 is 5.69 Å². The first-order valence-corrected chi connectivity index (χ1v) is 5.63. The van der Waals surface area contributed by atoms with Crippen LogP contribution in [0.2, 0.25) is 0 Å². The van der Waals surface area contributed by atoms with Gasteiger partial charge in [-0.2, -0.15) is 0 Å². The molecule has 19 heavy (non-hydrogen) atoms. The summed E-state index contributed by atoms with van der Waals surface area (Å²) in [5, 5.41) is 20.1. The lowest BCUT2D eigenvalue weighted by Gasteiger charge is -2.11. The quantitative estimate of drug-likeness (QED) is 0.674. The molecule has 0 spiro atoms. The molecule has 1 heterocycles. The predicted octanol–water partition coefficient (Wildman–Crippen LogP) is 2.84. The van der Waals surface area contributed by atoms with Crippen molar-refractivity contribution < 1.29 is 14.8 Å². The molecule has 0 bridgehead atoms. The molecule has 0 saturated carbocycles. The highest BCUT2D eigenvalue weighted by atomic mass is 16.6. The zero-order valence-corrected chi connectivity index (χ0v) is 10.2. The van der Waals surface area contributed by atoms with Gasteiger partial charge in [-0.3, -0.25) is 10.1 Å². The maximum atomic E-state index is 10.5. The van der Waals surface area contributed by atoms with Gasteiger partial charge in [-0.15, -0.1) is 0 Å². The van der Waals surface area contributed by atoms with Crippen molar-refractivity contribution in [1.82, 2.24) is 4.98 Å². The molecule has 2 rings (SSSR count). The Balaban J connectivity index is 2.24. The second kappa shape index (κ2) is 5.45. The van der Waals surface area contributed by atoms with Crippen LogP contribution >= 0.6 is 0 Å². The highest BCUT2D eigenvalue weighted by molar-refractivity contribution is 5.39. The number of benzene rings is 1. The molecule has 1 aromatic heterocycles. The van der Waals surface area contributed by atoms with Crippen LogP contribution in [0, 0.1) is 10.1 Å². The van der Waals surface area contributed by atoms with Crippen molar-refractivity contribution in [2.75, 3.05) is 0 Å². The fourth-order valence-corrected chi connectivity index (χ4v) is 1.55. The third-order valence-electron chi connectivity index (χ3n) is 2.51. The number of aliphatic hydroxyl groups is 1. The van der Waals surface area contributed by atoms with Gasteiger partial charge in [0.05, 0.1) is 11.0 Å². The van der Waals surface area contributed by atoms with E-state index in [4.69, 9.17) is 4.74 Å². The summed E-state index contributed by atoms with van der Waals surface area (Å²) in [6.45, 7) is 1.61. The number of aliphatic hydroxyl groups excluding tert-OH is 1. The third-order valence-corrected chi connectivity index (χ3v) is 2.51. The van der Waals surface area contributed by atoms with E-state index in [9.17, 15) is 15.2 Å². The summed E-state index contributed by atoms with van der Waals surface area (Å²) in [5.74, 6) is 0.706. The smallest absolute Gasteiger partial charge is 0.269 e. The second-order valence-electron chi connectivity index (χ2n) is 3.93. The Morgan fingerprint density at radius 3 is 2.58 bits per heavy atom. The van der Waals surface area contributed by atoms with Gasteiger partial charge in [0.1, 0.15) is 5.75 Å². The average molecular weight is 260 g/mol. The van der Waals surface area contributed by atoms with Gasteiger partial charge in [-0.05, 0) is 31.2 Å². The molecule has 0 aliphatic heterocycles. The first-order chi connectivity index (χ1) is 9.08. The van der Waals surface area contributed by atoms with Gasteiger partial charge < -0.3 is 9.84 Å². The number of nitrogens with zero attached hydrogens (tertiary/aromatic N) is 2. The van der Waals surface area contributed by atoms with E-state index >= 15 is 0 Å². The Hall–Kier alpha value is -2.47. The number of ether oxygens (including phenoxy) is 1. The van der Waals surface area contributed by atoms with Gasteiger partial charge in [-0.1, -0.05) is 0 Å². The molecule has 0 aliphatic rings. The minimum absolute atomic E-state index is 0.0101. The molecular weight excluding hydrogens is 248 g/mol. The van der Waals surface area contributed by atoms with Crippen molar-refractivity contribution in [3.63, 3.8) is 0 Å². The van der Waals surface area contributed by atoms with E-state index in [1.54, 1.807) is 25.3 Å². The lowest BCUT2D eigenvalue weighted by atomic mass is 10.2. The van der Waals surface area contributed by atoms with Crippen molar-refractivity contribution in [3.8, 4) is 11.6 Å². The molecule has 98 valence electrons. The topological polar surface area (TPSA) is 85.5 Å². The molecule has 6 nitrogen and oxygen atoms in total. The van der Waals surface area contributed by atoms with Crippen molar-refractivity contribution in [2.45, 2.75) is 13.0 Å². The van der Waals surface area contributed by atoms with Crippen LogP contribution in [0.4, 0.5) is 5.69 Å². The highest BCUT2D eigenvalue weighted by Crippen LogP contribution is 2.28. The summed E-state index contributed by atoms with van der Waals surface area (Å²) in [5.41, 5.74) is 0.546. The van der Waals surface area contributed by atoms with E-state index < -0.39 is 11.0 Å². The molecule has 0 unspecified atom stereocenters. The van der Waals surface area contributed by atoms with Crippen LogP contribution in [0.5, 0.6) is 11.6 Å². The SMILES string of the molecule is C[C@@H](O)c1cccnc1Oc1ccc([N+](=O)[O-])cc1. The van der Waals surface area contributed by atoms with E-state index in [0.29, 0.717) is 11.3 Å². The van der Waals surface area contributed by atoms with Crippen LogP contribution in [0.25, 0.3) is 0 Å². The Morgan fingerprint density at radius 2 is 2.00 bits per heavy atom. The van der Waals surface area contributed by atoms with E-state index in [-0.39, 0.29) is 11.6 Å². The standard InChI is InChI=1S/C13H12N2O4/c1-9(16)12-3-2-8-14-13(12)19-11-6-4-10(5-7-11)15(17)18/h2-9,16H,1H3/t9-/m1/s1. The second-order valence-corrected chi connectivity index (χ2v) is 3.93. The van der Waals surface area contributed by atoms with Gasteiger partial charge in [0.25, 0.3) is 5.69 Å². The number of pyridine rings is 1. The predicted molar refractivity (Wildman–Crippen MR) is 68.0 cm³/mol. The molecule has 1 N–H and O–H groups in total. The maximum Gasteiger partial charge on any atom is 0.269 e. The Bertz CT molecular complexity index is 581. The highest BCUT2D eigenvalue weighted by Gasteiger charge is 2.11. The van der Waals surface area contributed by atoms with E-state index in [1.807, 2.05) is 0 Å². The summed E-state index contributed by atoms with van der Waals surface area (Å²) in [4.78, 5) is 14.1. The van der Waals surface area contributed by atoms with Crippen LogP contribution in [0.3, 0.4) is 0 Å². The van der Waals surface area contributed by atoms with Gasteiger partial charge in [0, 0.05) is 23.9 Å². The van der Waals surface area contributed by atoms with Gasteiger partial charge in [0.15, 0.2) is 0 Å². The average Bonchev–Trinajstić information content (AvgIpc) is 2.39. The lowest BCUT2D eigenvalue weighted by molar-refractivity contribution is -0.384. The molecule has 0 amide bonds. The fraction of sp³-hybridized carbons (Fsp3) is 0.154. The van der Waals surface area contributed by atoms with Gasteiger partial charge in [-0.25, -0.2) is 4.98 Å². The van der Waals surface area contributed by atoms with E-state index in [2.05, 4.69) is 4.98 Å². The molecule has 2 aromatic rings. The molecule has 1 atom stereocenters. The van der Waals surface area contributed by atoms with Crippen LogP contribution in [0.1, 0.15) is 18.6 Å². The molecule has 0 aliphatic carbocycles. The van der Waals surface area contributed by atoms with E-state index in [1.165, 1.54) is 24.3 Å². The number of rotatable bonds is 4. The van der Waals surface area contributed by atoms with Crippen molar-refractivity contribution in [2.24, 2.45) is 0 Å². The number of non-ortho nitro benzene ring substituents is 1. The number of hydrogen-bond donors (Lipinski definition) is 1. The first-order valence-electron chi connectivity index (χ1n) is 5.63. The minimum Gasteiger partial charge on any atom is -0.439 e. The molecular formula is C13H12N2O4. The molecule has 1 aromatic carbocycles. The monoisotopic (exact) mass is 260 g/mol. The summed E-state index contributed by atoms with van der Waals surface area (Å²) < 4.78 is 5.51. The van der Waals surface area contributed by atoms with Crippen LogP contribution in [-0.4, -0.2) is 15.0 Å². The maximum absolute atomic E-state index is 10.5. The normalized spacial score (nSPS) is 11.9. The Morgan fingerprint density at radius 1 is 1.32 bits per heavy atom. The molecule has 0 radical (unpaired) electrons. The molecule has 0 fully saturated rings. The lowest BCUT2D eigenvalue weighted by Crippen LogP contribution is -1.98. The summed E-state index contributed by atoms with van der Waals surface area (Å²) in [6, 6.07) is 9.07. The largest absolute Gasteiger partial charge is 0.439 e. The number of nitro groups is 1. The van der Waals surface area contributed by atoms with Gasteiger partial charge >= 0.3 is 0 Å². The van der Waals surface area contributed by atoms with Crippen LogP contribution in [0.15, 0.2) is 42.6 Å². The Kier molecular flexibility index (Phi) is 3.72. The van der Waals surface area contributed by atoms with Gasteiger partial charge in [0.2, 0.25) is 5.88 Å². The number of hydrogen-bond acceptors (Lipinski definition) is 5. The summed E-state index contributed by atoms with van der Waals surface area (Å²) in [7, 11) is 0. The number of nitro benzene ring substituents is 1. The van der Waals surface area contributed by atoms with Crippen LogP contribution < -0.4 is 4.74 Å².